The number of hydrogen-bond donors (Lipinski definition) is 0. The van der Waals surface area contributed by atoms with Gasteiger partial charge >= 0.3 is 0 Å². The second-order valence-electron chi connectivity index (χ2n) is 4.88. The normalized spacial score (nSPS) is 10.1. The summed E-state index contributed by atoms with van der Waals surface area (Å²) in [5.41, 5.74) is 2.38. The molecule has 0 saturated heterocycles. The van der Waals surface area contributed by atoms with Gasteiger partial charge in [-0.2, -0.15) is 0 Å². The van der Waals surface area contributed by atoms with Crippen LogP contribution >= 0.6 is 12.2 Å². The van der Waals surface area contributed by atoms with Gasteiger partial charge in [-0.05, 0) is 23.3 Å². The van der Waals surface area contributed by atoms with Crippen molar-refractivity contribution in [2.75, 3.05) is 14.1 Å². The van der Waals surface area contributed by atoms with Gasteiger partial charge in [0, 0.05) is 20.5 Å². The Bertz CT molecular complexity index is 549. The van der Waals surface area contributed by atoms with Crippen molar-refractivity contribution in [3.05, 3.63) is 65.7 Å². The summed E-state index contributed by atoms with van der Waals surface area (Å²) < 4.78 is 5.76. The van der Waals surface area contributed by atoms with Gasteiger partial charge in [-0.1, -0.05) is 54.7 Å². The van der Waals surface area contributed by atoms with Gasteiger partial charge in [0.2, 0.25) is 0 Å². The topological polar surface area (TPSA) is 12.5 Å². The molecule has 0 aliphatic carbocycles. The van der Waals surface area contributed by atoms with Crippen molar-refractivity contribution in [2.45, 2.75) is 13.0 Å². The molecule has 0 heterocycles. The van der Waals surface area contributed by atoms with Gasteiger partial charge in [-0.15, -0.1) is 0 Å². The first-order chi connectivity index (χ1) is 9.65. The number of ether oxygens (including phenoxy) is 1. The standard InChI is InChI=1S/C17H19NOS/c1-18(2)17(20)12-14-8-10-16(11-9-14)19-13-15-6-4-3-5-7-15/h3-11H,12-13H2,1-2H3. The summed E-state index contributed by atoms with van der Waals surface area (Å²) in [6, 6.07) is 18.3. The molecule has 0 unspecified atom stereocenters. The number of nitrogens with zero attached hydrogens (tertiary/aromatic N) is 1. The maximum atomic E-state index is 5.76. The Morgan fingerprint density at radius 2 is 1.60 bits per heavy atom. The van der Waals surface area contributed by atoms with Crippen molar-refractivity contribution in [3.8, 4) is 5.75 Å². The lowest BCUT2D eigenvalue weighted by molar-refractivity contribution is 0.306. The van der Waals surface area contributed by atoms with E-state index in [1.165, 1.54) is 11.1 Å². The highest BCUT2D eigenvalue weighted by molar-refractivity contribution is 7.80. The molecule has 2 aromatic rings. The van der Waals surface area contributed by atoms with E-state index in [1.54, 1.807) is 0 Å². The summed E-state index contributed by atoms with van der Waals surface area (Å²) in [5, 5.41) is 0. The zero-order valence-electron chi connectivity index (χ0n) is 11.9. The Kier molecular flexibility index (Phi) is 5.13. The first-order valence-corrected chi connectivity index (χ1v) is 7.02. The molecular weight excluding hydrogens is 266 g/mol. The third kappa shape index (κ3) is 4.35. The average Bonchev–Trinajstić information content (AvgIpc) is 2.47. The number of likely N-dealkylation sites (N-methyl/N-ethyl adjacent to an activating group) is 1. The van der Waals surface area contributed by atoms with Crippen LogP contribution in [-0.4, -0.2) is 24.0 Å². The van der Waals surface area contributed by atoms with Crippen molar-refractivity contribution >= 4 is 17.2 Å². The summed E-state index contributed by atoms with van der Waals surface area (Å²) in [5.74, 6) is 0.883. The molecule has 0 spiro atoms. The summed E-state index contributed by atoms with van der Waals surface area (Å²) in [6.45, 7) is 0.594. The van der Waals surface area contributed by atoms with E-state index >= 15 is 0 Å². The van der Waals surface area contributed by atoms with Crippen molar-refractivity contribution in [2.24, 2.45) is 0 Å². The van der Waals surface area contributed by atoms with Crippen LogP contribution in [0.1, 0.15) is 11.1 Å². The quantitative estimate of drug-likeness (QED) is 0.777. The molecule has 2 aromatic carbocycles. The fraction of sp³-hybridized carbons (Fsp3) is 0.235. The Balaban J connectivity index is 1.90. The summed E-state index contributed by atoms with van der Waals surface area (Å²) >= 11 is 5.30. The van der Waals surface area contributed by atoms with Gasteiger partial charge < -0.3 is 9.64 Å². The fourth-order valence-corrected chi connectivity index (χ4v) is 1.94. The molecule has 3 heteroatoms. The third-order valence-electron chi connectivity index (χ3n) is 3.03. The number of hydrogen-bond acceptors (Lipinski definition) is 2. The minimum absolute atomic E-state index is 0.594. The van der Waals surface area contributed by atoms with Gasteiger partial charge in [-0.3, -0.25) is 0 Å². The average molecular weight is 285 g/mol. The van der Waals surface area contributed by atoms with E-state index in [0.29, 0.717) is 6.61 Å². The first kappa shape index (κ1) is 14.5. The minimum atomic E-state index is 0.594. The van der Waals surface area contributed by atoms with Crippen molar-refractivity contribution in [1.82, 2.24) is 4.90 Å². The first-order valence-electron chi connectivity index (χ1n) is 6.61. The van der Waals surface area contributed by atoms with Crippen LogP contribution in [0.4, 0.5) is 0 Å². The van der Waals surface area contributed by atoms with Crippen molar-refractivity contribution < 1.29 is 4.74 Å². The smallest absolute Gasteiger partial charge is 0.119 e. The molecule has 2 nitrogen and oxygen atoms in total. The molecule has 20 heavy (non-hydrogen) atoms. The highest BCUT2D eigenvalue weighted by Crippen LogP contribution is 2.15. The maximum absolute atomic E-state index is 5.76. The second-order valence-corrected chi connectivity index (χ2v) is 5.35. The zero-order chi connectivity index (χ0) is 14.4. The van der Waals surface area contributed by atoms with Gasteiger partial charge in [0.05, 0.1) is 4.99 Å². The van der Waals surface area contributed by atoms with E-state index in [1.807, 2.05) is 49.3 Å². The van der Waals surface area contributed by atoms with Crippen molar-refractivity contribution in [3.63, 3.8) is 0 Å². The molecule has 0 aliphatic heterocycles. The van der Waals surface area contributed by atoms with Crippen LogP contribution < -0.4 is 4.74 Å². The lowest BCUT2D eigenvalue weighted by atomic mass is 10.1. The predicted molar refractivity (Wildman–Crippen MR) is 87.2 cm³/mol. The molecule has 0 N–H and O–H groups in total. The molecule has 0 aromatic heterocycles. The molecular formula is C17H19NOS. The molecule has 2 rings (SSSR count). The van der Waals surface area contributed by atoms with Crippen LogP contribution in [0.3, 0.4) is 0 Å². The van der Waals surface area contributed by atoms with Crippen LogP contribution in [0.5, 0.6) is 5.75 Å². The van der Waals surface area contributed by atoms with Gasteiger partial charge in [0.15, 0.2) is 0 Å². The van der Waals surface area contributed by atoms with E-state index < -0.39 is 0 Å². The largest absolute Gasteiger partial charge is 0.489 e. The monoisotopic (exact) mass is 285 g/mol. The highest BCUT2D eigenvalue weighted by Gasteiger charge is 2.02. The van der Waals surface area contributed by atoms with E-state index in [2.05, 4.69) is 24.3 Å². The maximum Gasteiger partial charge on any atom is 0.119 e. The molecule has 0 bridgehead atoms. The van der Waals surface area contributed by atoms with Gasteiger partial charge in [0.1, 0.15) is 12.4 Å². The van der Waals surface area contributed by atoms with Crippen LogP contribution in [-0.2, 0) is 13.0 Å². The Morgan fingerprint density at radius 1 is 0.950 bits per heavy atom. The van der Waals surface area contributed by atoms with E-state index in [0.717, 1.165) is 17.2 Å². The van der Waals surface area contributed by atoms with E-state index in [-0.39, 0.29) is 0 Å². The second kappa shape index (κ2) is 7.06. The summed E-state index contributed by atoms with van der Waals surface area (Å²) in [7, 11) is 3.94. The minimum Gasteiger partial charge on any atom is -0.489 e. The van der Waals surface area contributed by atoms with Crippen LogP contribution in [0.2, 0.25) is 0 Å². The highest BCUT2D eigenvalue weighted by atomic mass is 32.1. The van der Waals surface area contributed by atoms with Crippen LogP contribution in [0.15, 0.2) is 54.6 Å². The number of benzene rings is 2. The van der Waals surface area contributed by atoms with Crippen molar-refractivity contribution in [1.29, 1.82) is 0 Å². The third-order valence-corrected chi connectivity index (χ3v) is 3.54. The summed E-state index contributed by atoms with van der Waals surface area (Å²) in [4.78, 5) is 2.90. The van der Waals surface area contributed by atoms with Gasteiger partial charge in [0.25, 0.3) is 0 Å². The molecule has 0 saturated carbocycles. The number of rotatable bonds is 5. The Labute approximate surface area is 126 Å². The zero-order valence-corrected chi connectivity index (χ0v) is 12.7. The number of thiocarbonyl (C=S) groups is 1. The van der Waals surface area contributed by atoms with Crippen LogP contribution in [0, 0.1) is 0 Å². The fourth-order valence-electron chi connectivity index (χ4n) is 1.78. The van der Waals surface area contributed by atoms with E-state index in [9.17, 15) is 0 Å². The SMILES string of the molecule is CN(C)C(=S)Cc1ccc(OCc2ccccc2)cc1. The molecule has 0 aliphatic rings. The molecule has 104 valence electrons. The van der Waals surface area contributed by atoms with Gasteiger partial charge in [-0.25, -0.2) is 0 Å². The lowest BCUT2D eigenvalue weighted by Crippen LogP contribution is -2.21. The molecule has 0 amide bonds. The Hall–Kier alpha value is -1.87. The molecule has 0 radical (unpaired) electrons. The molecule has 0 atom stereocenters. The van der Waals surface area contributed by atoms with E-state index in [4.69, 9.17) is 17.0 Å². The Morgan fingerprint density at radius 3 is 2.20 bits per heavy atom. The predicted octanol–water partition coefficient (Wildman–Crippen LogP) is 3.70. The lowest BCUT2D eigenvalue weighted by Gasteiger charge is -2.13. The van der Waals surface area contributed by atoms with Crippen LogP contribution in [0.25, 0.3) is 0 Å². The molecule has 0 fully saturated rings. The summed E-state index contributed by atoms with van der Waals surface area (Å²) in [6.07, 6.45) is 0.793.